The lowest BCUT2D eigenvalue weighted by Gasteiger charge is -2.19. The fourth-order valence-electron chi connectivity index (χ4n) is 2.01. The van der Waals surface area contributed by atoms with Gasteiger partial charge in [0.2, 0.25) is 5.91 Å². The topological polar surface area (TPSA) is 132 Å². The molecule has 2 amide bonds. The molecule has 0 aliphatic carbocycles. The van der Waals surface area contributed by atoms with Crippen molar-refractivity contribution >= 4 is 17.8 Å². The van der Waals surface area contributed by atoms with Crippen molar-refractivity contribution in [3.8, 4) is 0 Å². The standard InChI is InChI=1S/C16H23N3O5/c1-10(14(21)19-13(9-20)16(23)24-2)18-15(22)12(17)8-11-6-4-3-5-7-11/h3-7,10,12-13,20H,8-9,17H2,1-2H3,(H,18,22)(H,19,21)/p+1/t10-,12+,13-/m0/s1. The van der Waals surface area contributed by atoms with Crippen molar-refractivity contribution in [3.05, 3.63) is 35.9 Å². The number of quaternary nitrogens is 1. The van der Waals surface area contributed by atoms with Gasteiger partial charge in [0.25, 0.3) is 5.91 Å². The number of esters is 1. The van der Waals surface area contributed by atoms with Crippen molar-refractivity contribution in [1.82, 2.24) is 10.6 Å². The highest BCUT2D eigenvalue weighted by Crippen LogP contribution is 2.01. The second-order valence-electron chi connectivity index (χ2n) is 5.38. The summed E-state index contributed by atoms with van der Waals surface area (Å²) in [4.78, 5) is 35.4. The van der Waals surface area contributed by atoms with E-state index in [4.69, 9.17) is 5.11 Å². The highest BCUT2D eigenvalue weighted by Gasteiger charge is 2.26. The molecule has 0 saturated carbocycles. The smallest absolute Gasteiger partial charge is 0.330 e. The van der Waals surface area contributed by atoms with Gasteiger partial charge in [-0.15, -0.1) is 0 Å². The van der Waals surface area contributed by atoms with Crippen LogP contribution in [-0.4, -0.2) is 54.7 Å². The molecular formula is C16H24N3O5+. The van der Waals surface area contributed by atoms with Crippen LogP contribution in [0.15, 0.2) is 30.3 Å². The van der Waals surface area contributed by atoms with Crippen molar-refractivity contribution in [1.29, 1.82) is 0 Å². The molecule has 24 heavy (non-hydrogen) atoms. The molecule has 0 radical (unpaired) electrons. The Morgan fingerprint density at radius 1 is 1.17 bits per heavy atom. The highest BCUT2D eigenvalue weighted by atomic mass is 16.5. The van der Waals surface area contributed by atoms with Gasteiger partial charge in [-0.05, 0) is 12.5 Å². The predicted molar refractivity (Wildman–Crippen MR) is 85.5 cm³/mol. The number of benzene rings is 1. The molecule has 6 N–H and O–H groups in total. The van der Waals surface area contributed by atoms with E-state index in [0.29, 0.717) is 6.42 Å². The molecule has 0 spiro atoms. The first-order chi connectivity index (χ1) is 11.4. The number of methoxy groups -OCH3 is 1. The summed E-state index contributed by atoms with van der Waals surface area (Å²) in [7, 11) is 1.15. The third kappa shape index (κ3) is 5.98. The first kappa shape index (κ1) is 19.6. The van der Waals surface area contributed by atoms with Crippen LogP contribution in [0, 0.1) is 0 Å². The second-order valence-corrected chi connectivity index (χ2v) is 5.38. The quantitative estimate of drug-likeness (QED) is 0.407. The summed E-state index contributed by atoms with van der Waals surface area (Å²) < 4.78 is 4.46. The van der Waals surface area contributed by atoms with Crippen LogP contribution in [0.2, 0.25) is 0 Å². The number of hydrogen-bond acceptors (Lipinski definition) is 5. The zero-order valence-electron chi connectivity index (χ0n) is 13.8. The summed E-state index contributed by atoms with van der Waals surface area (Å²) in [6, 6.07) is 6.81. The van der Waals surface area contributed by atoms with Crippen LogP contribution in [0.1, 0.15) is 12.5 Å². The molecule has 8 nitrogen and oxygen atoms in total. The maximum atomic E-state index is 12.1. The molecule has 0 heterocycles. The normalized spacial score (nSPS) is 14.2. The van der Waals surface area contributed by atoms with Gasteiger partial charge in [0.15, 0.2) is 12.1 Å². The van der Waals surface area contributed by atoms with Gasteiger partial charge >= 0.3 is 5.97 Å². The minimum atomic E-state index is -1.17. The Hall–Kier alpha value is -2.45. The van der Waals surface area contributed by atoms with Crippen LogP contribution >= 0.6 is 0 Å². The summed E-state index contributed by atoms with van der Waals surface area (Å²) in [5, 5.41) is 13.9. The fraction of sp³-hybridized carbons (Fsp3) is 0.438. The van der Waals surface area contributed by atoms with E-state index in [2.05, 4.69) is 21.1 Å². The lowest BCUT2D eigenvalue weighted by molar-refractivity contribution is -0.403. The molecule has 1 aromatic carbocycles. The van der Waals surface area contributed by atoms with Crippen LogP contribution in [0.4, 0.5) is 0 Å². The Balaban J connectivity index is 2.53. The number of carbonyl (C=O) groups is 3. The van der Waals surface area contributed by atoms with Crippen molar-refractivity contribution in [3.63, 3.8) is 0 Å². The average molecular weight is 338 g/mol. The number of aliphatic hydroxyl groups excluding tert-OH is 1. The maximum absolute atomic E-state index is 12.1. The molecule has 1 aromatic rings. The zero-order chi connectivity index (χ0) is 18.1. The van der Waals surface area contributed by atoms with E-state index in [-0.39, 0.29) is 5.91 Å². The minimum Gasteiger partial charge on any atom is -0.467 e. The van der Waals surface area contributed by atoms with Gasteiger partial charge in [-0.2, -0.15) is 0 Å². The van der Waals surface area contributed by atoms with E-state index in [0.717, 1.165) is 12.7 Å². The summed E-state index contributed by atoms with van der Waals surface area (Å²) in [6.45, 7) is 0.888. The molecule has 0 aliphatic heterocycles. The fourth-order valence-corrected chi connectivity index (χ4v) is 2.01. The van der Waals surface area contributed by atoms with Crippen LogP contribution in [-0.2, 0) is 25.5 Å². The largest absolute Gasteiger partial charge is 0.467 e. The molecule has 0 unspecified atom stereocenters. The van der Waals surface area contributed by atoms with E-state index in [1.165, 1.54) is 6.92 Å². The summed E-state index contributed by atoms with van der Waals surface area (Å²) in [5.41, 5.74) is 4.77. The molecule has 0 fully saturated rings. The number of ether oxygens (including phenoxy) is 1. The van der Waals surface area contributed by atoms with Gasteiger partial charge < -0.3 is 26.2 Å². The van der Waals surface area contributed by atoms with Gasteiger partial charge in [-0.1, -0.05) is 30.3 Å². The number of amides is 2. The first-order valence-electron chi connectivity index (χ1n) is 7.55. The summed E-state index contributed by atoms with van der Waals surface area (Å²) in [6.07, 6.45) is 0.447. The average Bonchev–Trinajstić information content (AvgIpc) is 2.59. The zero-order valence-corrected chi connectivity index (χ0v) is 13.8. The number of hydrogen-bond donors (Lipinski definition) is 4. The number of nitrogens with one attached hydrogen (secondary N) is 2. The molecule has 0 aliphatic rings. The monoisotopic (exact) mass is 338 g/mol. The Kier molecular flexibility index (Phi) is 7.87. The van der Waals surface area contributed by atoms with Gasteiger partial charge in [-0.25, -0.2) is 4.79 Å². The van der Waals surface area contributed by atoms with E-state index in [1.54, 1.807) is 0 Å². The summed E-state index contributed by atoms with van der Waals surface area (Å²) >= 11 is 0. The van der Waals surface area contributed by atoms with E-state index in [1.807, 2.05) is 30.3 Å². The van der Waals surface area contributed by atoms with Gasteiger partial charge in [-0.3, -0.25) is 9.59 Å². The second kappa shape index (κ2) is 9.64. The number of carbonyl (C=O) groups excluding carboxylic acids is 3. The third-order valence-corrected chi connectivity index (χ3v) is 3.43. The van der Waals surface area contributed by atoms with Gasteiger partial charge in [0.1, 0.15) is 6.04 Å². The molecule has 3 atom stereocenters. The van der Waals surface area contributed by atoms with E-state index >= 15 is 0 Å². The van der Waals surface area contributed by atoms with E-state index in [9.17, 15) is 14.4 Å². The van der Waals surface area contributed by atoms with Crippen LogP contribution in [0.25, 0.3) is 0 Å². The highest BCUT2D eigenvalue weighted by molar-refractivity contribution is 5.91. The number of aliphatic hydroxyl groups is 1. The number of rotatable bonds is 8. The summed E-state index contributed by atoms with van der Waals surface area (Å²) in [5.74, 6) is -1.73. The molecule has 132 valence electrons. The van der Waals surface area contributed by atoms with Crippen LogP contribution in [0.5, 0.6) is 0 Å². The SMILES string of the molecule is COC(=O)[C@H](CO)NC(=O)[C@H](C)NC(=O)[C@H]([NH3+])Cc1ccccc1. The minimum absolute atomic E-state index is 0.375. The Bertz CT molecular complexity index is 564. The first-order valence-corrected chi connectivity index (χ1v) is 7.55. The predicted octanol–water partition coefficient (Wildman–Crippen LogP) is -2.01. The van der Waals surface area contributed by atoms with E-state index < -0.39 is 36.6 Å². The van der Waals surface area contributed by atoms with Crippen molar-refractivity contribution in [2.24, 2.45) is 0 Å². The molecule has 8 heteroatoms. The van der Waals surface area contributed by atoms with Crippen molar-refractivity contribution in [2.45, 2.75) is 31.5 Å². The van der Waals surface area contributed by atoms with Gasteiger partial charge in [0, 0.05) is 6.42 Å². The molecular weight excluding hydrogens is 314 g/mol. The van der Waals surface area contributed by atoms with Crippen LogP contribution in [0.3, 0.4) is 0 Å². The Morgan fingerprint density at radius 3 is 2.33 bits per heavy atom. The lowest BCUT2D eigenvalue weighted by Crippen LogP contribution is -2.69. The van der Waals surface area contributed by atoms with Gasteiger partial charge in [0.05, 0.1) is 13.7 Å². The molecule has 1 rings (SSSR count). The lowest BCUT2D eigenvalue weighted by atomic mass is 10.1. The van der Waals surface area contributed by atoms with Crippen molar-refractivity contribution in [2.75, 3.05) is 13.7 Å². The van der Waals surface area contributed by atoms with Crippen LogP contribution < -0.4 is 16.4 Å². The van der Waals surface area contributed by atoms with Crippen molar-refractivity contribution < 1.29 is 30.0 Å². The Labute approximate surface area is 140 Å². The molecule has 0 bridgehead atoms. The Morgan fingerprint density at radius 2 is 1.79 bits per heavy atom. The third-order valence-electron chi connectivity index (χ3n) is 3.43. The molecule has 0 aromatic heterocycles. The maximum Gasteiger partial charge on any atom is 0.330 e. The molecule has 0 saturated heterocycles.